The van der Waals surface area contributed by atoms with E-state index < -0.39 is 20.8 Å². The van der Waals surface area contributed by atoms with Crippen molar-refractivity contribution in [1.29, 1.82) is 0 Å². The molecule has 0 nitrogen and oxygen atoms in total. The predicted molar refractivity (Wildman–Crippen MR) is 182 cm³/mol. The van der Waals surface area contributed by atoms with Gasteiger partial charge in [0.2, 0.25) is 0 Å². The van der Waals surface area contributed by atoms with E-state index in [1.54, 1.807) is 33.4 Å². The van der Waals surface area contributed by atoms with E-state index in [1.807, 2.05) is 0 Å². The molecule has 2 aliphatic rings. The van der Waals surface area contributed by atoms with Gasteiger partial charge in [0.1, 0.15) is 0 Å². The first kappa shape index (κ1) is 38.4. The second-order valence-electron chi connectivity index (χ2n) is 13.6. The first-order chi connectivity index (χ1) is 18.9. The summed E-state index contributed by atoms with van der Waals surface area (Å²) < 4.78 is 0. The Labute approximate surface area is 271 Å². The van der Waals surface area contributed by atoms with Crippen LogP contribution in [0, 0.1) is 35.5 Å². The quantitative estimate of drug-likeness (QED) is 0.210. The van der Waals surface area contributed by atoms with E-state index in [4.69, 9.17) is 17.0 Å². The van der Waals surface area contributed by atoms with Crippen LogP contribution in [0.5, 0.6) is 0 Å². The third-order valence-electron chi connectivity index (χ3n) is 9.33. The second-order valence-corrected chi connectivity index (χ2v) is 18.5. The van der Waals surface area contributed by atoms with E-state index in [0.717, 1.165) is 56.9 Å². The van der Waals surface area contributed by atoms with Crippen LogP contribution in [0.1, 0.15) is 127 Å². The third kappa shape index (κ3) is 11.5. The number of fused-ring (bicyclic) bond motifs is 2. The number of aryl methyl sites for hydroxylation is 2. The molecule has 4 atom stereocenters. The van der Waals surface area contributed by atoms with Gasteiger partial charge in [0.15, 0.2) is 0 Å². The van der Waals surface area contributed by atoms with Crippen molar-refractivity contribution in [2.24, 2.45) is 35.5 Å². The minimum atomic E-state index is -0.826. The first-order valence-electron chi connectivity index (χ1n) is 16.1. The average molecular weight is 684 g/mol. The number of rotatable bonds is 6. The fraction of sp³-hybridized carbons (Fsp3) is 0.722. The molecule has 4 heteroatoms. The molecule has 0 saturated carbocycles. The summed E-state index contributed by atoms with van der Waals surface area (Å²) in [4.78, 5) is 0. The maximum absolute atomic E-state index is 4.93. The summed E-state index contributed by atoms with van der Waals surface area (Å²) in [6.45, 7) is 28.0. The van der Waals surface area contributed by atoms with E-state index in [9.17, 15) is 0 Å². The molecule has 0 spiro atoms. The molecule has 1 radical (unpaired) electrons. The Balaban J connectivity index is 0.000000335. The normalized spacial score (nSPS) is 21.4. The van der Waals surface area contributed by atoms with E-state index >= 15 is 0 Å². The van der Waals surface area contributed by atoms with Gasteiger partial charge in [0.05, 0.1) is 0 Å². The fourth-order valence-corrected chi connectivity index (χ4v) is 6.65. The molecule has 0 N–H and O–H groups in total. The van der Waals surface area contributed by atoms with Gasteiger partial charge in [0, 0.05) is 9.52 Å². The average Bonchev–Trinajstić information content (AvgIpc) is 3.52. The van der Waals surface area contributed by atoms with Gasteiger partial charge in [-0.15, -0.1) is 0 Å². The fourth-order valence-electron chi connectivity index (χ4n) is 6.65. The molecular formula is C36H61Cl2SiZr. The zero-order valence-corrected chi connectivity index (χ0v) is 33.1. The van der Waals surface area contributed by atoms with Crippen molar-refractivity contribution in [2.75, 3.05) is 0 Å². The topological polar surface area (TPSA) is 0 Å². The van der Waals surface area contributed by atoms with Crippen LogP contribution in [0.4, 0.5) is 0 Å². The molecule has 2 aromatic carbocycles. The van der Waals surface area contributed by atoms with Gasteiger partial charge in [-0.05, 0) is 36.5 Å². The maximum atomic E-state index is 4.93. The van der Waals surface area contributed by atoms with Gasteiger partial charge in [-0.1, -0.05) is 132 Å². The van der Waals surface area contributed by atoms with E-state index in [2.05, 4.69) is 107 Å². The van der Waals surface area contributed by atoms with Crippen molar-refractivity contribution in [1.82, 2.24) is 0 Å². The van der Waals surface area contributed by atoms with Crippen molar-refractivity contribution in [3.05, 3.63) is 57.6 Å². The number of halogens is 2. The number of hydrogen-bond acceptors (Lipinski definition) is 0. The van der Waals surface area contributed by atoms with Crippen LogP contribution in [0.2, 0.25) is 13.1 Å². The van der Waals surface area contributed by atoms with Gasteiger partial charge in [-0.25, -0.2) is 12.1 Å². The molecule has 0 saturated heterocycles. The van der Waals surface area contributed by atoms with Crippen LogP contribution >= 0.6 is 17.0 Å². The Hall–Kier alpha value is 0.380. The van der Waals surface area contributed by atoms with Crippen LogP contribution in [-0.2, 0) is 46.5 Å². The zero-order chi connectivity index (χ0) is 30.6. The Bertz CT molecular complexity index is 862. The summed E-state index contributed by atoms with van der Waals surface area (Å²) in [6.07, 6.45) is 7.80. The molecule has 227 valence electrons. The van der Waals surface area contributed by atoms with E-state index in [1.165, 1.54) is 38.5 Å². The Kier molecular flexibility index (Phi) is 18.8. The molecular weight excluding hydrogens is 623 g/mol. The van der Waals surface area contributed by atoms with Crippen LogP contribution in [0.25, 0.3) is 0 Å². The molecule has 2 aromatic rings. The number of hydrogen-bond donors (Lipinski definition) is 0. The van der Waals surface area contributed by atoms with Gasteiger partial charge in [0.25, 0.3) is 0 Å². The molecule has 4 unspecified atom stereocenters. The molecule has 40 heavy (non-hydrogen) atoms. The zero-order valence-electron chi connectivity index (χ0n) is 28.0. The molecule has 0 heterocycles. The summed E-state index contributed by atoms with van der Waals surface area (Å²) in [5.41, 5.74) is 9.76. The molecule has 0 fully saturated rings. The van der Waals surface area contributed by atoms with Crippen molar-refractivity contribution >= 4 is 26.5 Å². The summed E-state index contributed by atoms with van der Waals surface area (Å²) >= 11 is -0.826. The van der Waals surface area contributed by atoms with Crippen LogP contribution < -0.4 is 0 Å². The molecule has 2 aliphatic carbocycles. The SMILES string of the molecule is CCc1cc2c([cH-]1)CC(C(C)C)CC2C(C)C.CCc1cc2c([cH-]1)CC(C(C)C)CC2C(C)C.C[SiH]C.[Cl][Zr+2][Cl]. The van der Waals surface area contributed by atoms with Gasteiger partial charge in [-0.2, -0.15) is 45.5 Å². The molecule has 4 rings (SSSR count). The van der Waals surface area contributed by atoms with Gasteiger partial charge >= 0.3 is 37.9 Å². The van der Waals surface area contributed by atoms with Gasteiger partial charge in [-0.3, -0.25) is 0 Å². The van der Waals surface area contributed by atoms with Crippen LogP contribution in [0.3, 0.4) is 0 Å². The van der Waals surface area contributed by atoms with E-state index in [0.29, 0.717) is 0 Å². The summed E-state index contributed by atoms with van der Waals surface area (Å²) in [5, 5.41) is 0. The predicted octanol–water partition coefficient (Wildman–Crippen LogP) is 11.7. The van der Waals surface area contributed by atoms with Crippen molar-refractivity contribution < 1.29 is 20.8 Å². The third-order valence-corrected chi connectivity index (χ3v) is 9.33. The van der Waals surface area contributed by atoms with Crippen molar-refractivity contribution in [3.8, 4) is 0 Å². The van der Waals surface area contributed by atoms with Gasteiger partial charge < -0.3 is 0 Å². The summed E-state index contributed by atoms with van der Waals surface area (Å²) in [5.74, 6) is 6.58. The minimum absolute atomic E-state index is 0.750. The monoisotopic (exact) mass is 681 g/mol. The Morgan fingerprint density at radius 3 is 1.23 bits per heavy atom. The van der Waals surface area contributed by atoms with Crippen molar-refractivity contribution in [3.63, 3.8) is 0 Å². The van der Waals surface area contributed by atoms with Crippen LogP contribution in [0.15, 0.2) is 24.3 Å². The Morgan fingerprint density at radius 2 is 1.00 bits per heavy atom. The van der Waals surface area contributed by atoms with E-state index in [-0.39, 0.29) is 0 Å². The molecule has 0 bridgehead atoms. The molecule has 0 aromatic heterocycles. The summed E-state index contributed by atoms with van der Waals surface area (Å²) in [7, 11) is 10.6. The Morgan fingerprint density at radius 1 is 0.700 bits per heavy atom. The standard InChI is InChI=1S/2C17H27.C2H7Si.2ClH.Zr/c2*1-6-13-7-15-9-14(11(2)3)10-16(12(4)5)17(15)8-13;1-3-2;;;/h2*7-8,11-12,14,16H,6,9-10H2,1-5H3;3H,1-2H3;2*1H;/q2*-1;;;;+4/p-2. The summed E-state index contributed by atoms with van der Waals surface area (Å²) in [6, 6.07) is 9.91. The van der Waals surface area contributed by atoms with Crippen LogP contribution in [-0.4, -0.2) is 9.52 Å². The second kappa shape index (κ2) is 19.6. The molecule has 0 amide bonds. The molecule has 0 aliphatic heterocycles. The van der Waals surface area contributed by atoms with Crippen molar-refractivity contribution in [2.45, 2.75) is 133 Å². The first-order valence-corrected chi connectivity index (χ1v) is 24.8.